The third-order valence-corrected chi connectivity index (χ3v) is 17.6. The first-order valence-electron chi connectivity index (χ1n) is 20.5. The maximum atomic E-state index is 14.7. The number of carbonyl (C=O) groups excluding carboxylic acids is 1. The standard InChI is InChI=1S/C46H67FO3/c1-31(2)34-17-24-45(27-28-48)26-25-43(6)36(39(34)45)13-14-38-42(5)20-18-35(41(3,4)37(42)19-21-44(38,43)7)33-15-22-46(30-47,23-16-33)40(49)50-29-32-11-9-8-10-12-32/h8-12,15,18,31,34,36-39,48H,13-14,16-17,19-30H2,1-7H3/t34-,36+,37-,38+,39+,42-,43+,44+,45+,46-/m0/s1. The SMILES string of the molecule is CC(C)[C@@H]1CC[C@]2(CCO)CC[C@]3(C)[C@H](CC[C@@H]4[C@@]5(C)CC=C(C6=CC[C@](CF)(C(=O)OCc7ccccc7)CC6)C(C)(C)[C@@H]5CC[C@]43C)[C@@H]12. The molecule has 6 aliphatic carbocycles. The van der Waals surface area contributed by atoms with Gasteiger partial charge in [-0.05, 0) is 163 Å². The van der Waals surface area contributed by atoms with Crippen LogP contribution >= 0.6 is 0 Å². The van der Waals surface area contributed by atoms with Crippen LogP contribution in [0.25, 0.3) is 0 Å². The van der Waals surface area contributed by atoms with Gasteiger partial charge in [0.25, 0.3) is 0 Å². The molecule has 0 spiro atoms. The maximum Gasteiger partial charge on any atom is 0.315 e. The van der Waals surface area contributed by atoms with E-state index < -0.39 is 18.1 Å². The molecule has 1 aromatic rings. The second-order valence-corrected chi connectivity index (χ2v) is 19.9. The molecule has 4 heteroatoms. The van der Waals surface area contributed by atoms with Crippen molar-refractivity contribution in [2.45, 2.75) is 139 Å². The number of benzene rings is 1. The van der Waals surface area contributed by atoms with Gasteiger partial charge in [-0.15, -0.1) is 0 Å². The predicted octanol–water partition coefficient (Wildman–Crippen LogP) is 11.5. The Labute approximate surface area is 303 Å². The Morgan fingerprint density at radius 1 is 0.880 bits per heavy atom. The van der Waals surface area contributed by atoms with E-state index in [-0.39, 0.29) is 17.4 Å². The summed E-state index contributed by atoms with van der Waals surface area (Å²) in [4.78, 5) is 13.3. The van der Waals surface area contributed by atoms with Crippen LogP contribution in [-0.4, -0.2) is 24.4 Å². The van der Waals surface area contributed by atoms with E-state index in [9.17, 15) is 14.3 Å². The number of alkyl halides is 1. The quantitative estimate of drug-likeness (QED) is 0.277. The van der Waals surface area contributed by atoms with Gasteiger partial charge in [0, 0.05) is 6.61 Å². The monoisotopic (exact) mass is 687 g/mol. The van der Waals surface area contributed by atoms with Crippen molar-refractivity contribution in [2.75, 3.05) is 13.3 Å². The van der Waals surface area contributed by atoms with Gasteiger partial charge < -0.3 is 9.84 Å². The van der Waals surface area contributed by atoms with E-state index in [2.05, 4.69) is 60.6 Å². The Balaban J connectivity index is 1.13. The van der Waals surface area contributed by atoms with Crippen molar-refractivity contribution in [1.82, 2.24) is 0 Å². The molecule has 6 aliphatic rings. The summed E-state index contributed by atoms with van der Waals surface area (Å²) in [7, 11) is 0. The number of rotatable bonds is 8. The minimum atomic E-state index is -1.07. The fourth-order valence-electron chi connectivity index (χ4n) is 14.7. The normalized spacial score (nSPS) is 43.5. The molecule has 0 aromatic heterocycles. The van der Waals surface area contributed by atoms with Crippen LogP contribution in [0.1, 0.15) is 138 Å². The molecule has 0 bridgehead atoms. The predicted molar refractivity (Wildman–Crippen MR) is 201 cm³/mol. The van der Waals surface area contributed by atoms with E-state index in [1.54, 1.807) is 0 Å². The molecular formula is C46H67FO3. The fraction of sp³-hybridized carbons (Fsp3) is 0.761. The number of carbonyl (C=O) groups is 1. The summed E-state index contributed by atoms with van der Waals surface area (Å²) in [6.07, 6.45) is 19.2. The Kier molecular flexibility index (Phi) is 9.38. The highest BCUT2D eigenvalue weighted by Crippen LogP contribution is 2.78. The molecule has 4 saturated carbocycles. The van der Waals surface area contributed by atoms with Crippen LogP contribution in [0.2, 0.25) is 0 Å². The van der Waals surface area contributed by atoms with Gasteiger partial charge in [-0.1, -0.05) is 91.0 Å². The van der Waals surface area contributed by atoms with Crippen molar-refractivity contribution in [2.24, 2.45) is 68.0 Å². The molecule has 1 aromatic carbocycles. The van der Waals surface area contributed by atoms with Crippen LogP contribution in [-0.2, 0) is 16.1 Å². The molecule has 4 fully saturated rings. The van der Waals surface area contributed by atoms with Gasteiger partial charge in [0.15, 0.2) is 0 Å². The number of esters is 1. The molecule has 3 nitrogen and oxygen atoms in total. The van der Waals surface area contributed by atoms with Crippen LogP contribution in [0.3, 0.4) is 0 Å². The molecule has 0 saturated heterocycles. The number of allylic oxidation sites excluding steroid dienone is 4. The minimum Gasteiger partial charge on any atom is -0.460 e. The Bertz CT molecular complexity index is 1490. The average molecular weight is 687 g/mol. The molecule has 10 atom stereocenters. The van der Waals surface area contributed by atoms with E-state index in [1.807, 2.05) is 30.3 Å². The summed E-state index contributed by atoms with van der Waals surface area (Å²) in [6, 6.07) is 9.69. The lowest BCUT2D eigenvalue weighted by Gasteiger charge is -2.72. The van der Waals surface area contributed by atoms with Gasteiger partial charge in [0.2, 0.25) is 0 Å². The van der Waals surface area contributed by atoms with E-state index in [0.717, 1.165) is 42.6 Å². The zero-order valence-corrected chi connectivity index (χ0v) is 32.5. The smallest absolute Gasteiger partial charge is 0.315 e. The molecular weight excluding hydrogens is 620 g/mol. The zero-order valence-electron chi connectivity index (χ0n) is 32.5. The molecule has 276 valence electrons. The third kappa shape index (κ3) is 5.28. The van der Waals surface area contributed by atoms with Gasteiger partial charge in [-0.2, -0.15) is 0 Å². The molecule has 0 heterocycles. The van der Waals surface area contributed by atoms with Crippen molar-refractivity contribution in [3.05, 3.63) is 59.2 Å². The van der Waals surface area contributed by atoms with Crippen molar-refractivity contribution < 1.29 is 19.0 Å². The lowest BCUT2D eigenvalue weighted by Crippen LogP contribution is -2.65. The molecule has 0 aliphatic heterocycles. The van der Waals surface area contributed by atoms with Gasteiger partial charge in [-0.25, -0.2) is 4.39 Å². The van der Waals surface area contributed by atoms with Crippen molar-refractivity contribution in [3.63, 3.8) is 0 Å². The zero-order chi connectivity index (χ0) is 35.7. The highest BCUT2D eigenvalue weighted by atomic mass is 19.1. The number of ether oxygens (including phenoxy) is 1. The van der Waals surface area contributed by atoms with Gasteiger partial charge in [0.05, 0.1) is 5.41 Å². The molecule has 0 radical (unpaired) electrons. The third-order valence-electron chi connectivity index (χ3n) is 17.6. The molecule has 7 rings (SSSR count). The Morgan fingerprint density at radius 3 is 2.30 bits per heavy atom. The van der Waals surface area contributed by atoms with Crippen LogP contribution in [0.4, 0.5) is 4.39 Å². The summed E-state index contributed by atoms with van der Waals surface area (Å²) >= 11 is 0. The summed E-state index contributed by atoms with van der Waals surface area (Å²) in [5.74, 6) is 3.95. The van der Waals surface area contributed by atoms with Gasteiger partial charge in [0.1, 0.15) is 13.3 Å². The molecule has 0 amide bonds. The largest absolute Gasteiger partial charge is 0.460 e. The lowest BCUT2D eigenvalue weighted by molar-refractivity contribution is -0.230. The molecule has 50 heavy (non-hydrogen) atoms. The van der Waals surface area contributed by atoms with E-state index in [1.165, 1.54) is 62.5 Å². The summed E-state index contributed by atoms with van der Waals surface area (Å²) in [5, 5.41) is 10.3. The first-order valence-corrected chi connectivity index (χ1v) is 20.5. The first kappa shape index (κ1) is 36.4. The topological polar surface area (TPSA) is 46.5 Å². The Morgan fingerprint density at radius 2 is 1.64 bits per heavy atom. The maximum absolute atomic E-state index is 14.7. The molecule has 0 unspecified atom stereocenters. The van der Waals surface area contributed by atoms with Gasteiger partial charge >= 0.3 is 5.97 Å². The number of halogens is 1. The van der Waals surface area contributed by atoms with Crippen LogP contribution in [0, 0.1) is 68.0 Å². The van der Waals surface area contributed by atoms with Crippen molar-refractivity contribution in [1.29, 1.82) is 0 Å². The van der Waals surface area contributed by atoms with E-state index >= 15 is 0 Å². The highest BCUT2D eigenvalue weighted by Gasteiger charge is 2.70. The lowest BCUT2D eigenvalue weighted by atomic mass is 9.32. The summed E-state index contributed by atoms with van der Waals surface area (Å²) in [6.45, 7) is 17.9. The summed E-state index contributed by atoms with van der Waals surface area (Å²) in [5.41, 5.74) is 3.96. The van der Waals surface area contributed by atoms with Crippen molar-refractivity contribution in [3.8, 4) is 0 Å². The van der Waals surface area contributed by atoms with Crippen LogP contribution < -0.4 is 0 Å². The number of aliphatic hydroxyl groups is 1. The molecule has 1 N–H and O–H groups in total. The number of hydrogen-bond donors (Lipinski definition) is 1. The second-order valence-electron chi connectivity index (χ2n) is 19.9. The average Bonchev–Trinajstić information content (AvgIpc) is 3.48. The number of aliphatic hydroxyl groups excluding tert-OH is 1. The van der Waals surface area contributed by atoms with Crippen molar-refractivity contribution >= 4 is 5.97 Å². The first-order chi connectivity index (χ1) is 23.7. The number of hydrogen-bond acceptors (Lipinski definition) is 3. The Hall–Kier alpha value is -1.94. The second kappa shape index (κ2) is 12.9. The van der Waals surface area contributed by atoms with E-state index in [4.69, 9.17) is 4.74 Å². The minimum absolute atomic E-state index is 0.0263. The highest BCUT2D eigenvalue weighted by molar-refractivity contribution is 5.78. The van der Waals surface area contributed by atoms with Crippen LogP contribution in [0.5, 0.6) is 0 Å². The summed E-state index contributed by atoms with van der Waals surface area (Å²) < 4.78 is 20.4. The van der Waals surface area contributed by atoms with E-state index in [0.29, 0.717) is 53.4 Å². The number of fused-ring (bicyclic) bond motifs is 7. The van der Waals surface area contributed by atoms with Crippen LogP contribution in [0.15, 0.2) is 53.6 Å². The fourth-order valence-corrected chi connectivity index (χ4v) is 14.7. The van der Waals surface area contributed by atoms with Gasteiger partial charge in [-0.3, -0.25) is 4.79 Å².